The first-order chi connectivity index (χ1) is 14.2. The van der Waals surface area contributed by atoms with Crippen LogP contribution in [0.1, 0.15) is 65.2 Å². The van der Waals surface area contributed by atoms with E-state index >= 15 is 0 Å². The van der Waals surface area contributed by atoms with Gasteiger partial charge in [0.25, 0.3) is 0 Å². The quantitative estimate of drug-likeness (QED) is 0.488. The second-order valence-corrected chi connectivity index (χ2v) is 11.6. The second kappa shape index (κ2) is 4.65. The van der Waals surface area contributed by atoms with Crippen LogP contribution in [0.2, 0.25) is 0 Å². The Morgan fingerprint density at radius 1 is 1.17 bits per heavy atom. The van der Waals surface area contributed by atoms with E-state index in [1.807, 2.05) is 0 Å². The topological polar surface area (TPSA) is 106 Å². The molecule has 0 aromatic heterocycles. The fourth-order valence-electron chi connectivity index (χ4n) is 9.81. The molecule has 9 unspecified atom stereocenters. The first kappa shape index (κ1) is 17.8. The number of Topliss-reactive ketones (excluding diaryl/α,β-unsaturated/α-hetero) is 1. The highest BCUT2D eigenvalue weighted by Gasteiger charge is 2.88. The summed E-state index contributed by atoms with van der Waals surface area (Å²) >= 11 is 0. The number of rotatable bonds is 0. The molecule has 2 saturated heterocycles. The molecule has 6 heteroatoms. The molecule has 158 valence electrons. The largest absolute Gasteiger partial charge is 0.458 e. The van der Waals surface area contributed by atoms with Crippen LogP contribution < -0.4 is 5.73 Å². The van der Waals surface area contributed by atoms with Gasteiger partial charge in [0.1, 0.15) is 17.0 Å². The number of ether oxygens (including phenoxy) is 2. The fourth-order valence-corrected chi connectivity index (χ4v) is 9.81. The summed E-state index contributed by atoms with van der Waals surface area (Å²) < 4.78 is 12.7. The molecule has 2 spiro atoms. The molecule has 2 aliphatic heterocycles. The van der Waals surface area contributed by atoms with Gasteiger partial charge in [0, 0.05) is 35.3 Å². The van der Waals surface area contributed by atoms with E-state index in [4.69, 9.17) is 15.2 Å². The molecule has 4 saturated carbocycles. The minimum Gasteiger partial charge on any atom is -0.458 e. The van der Waals surface area contributed by atoms with Crippen LogP contribution in [0.4, 0.5) is 0 Å². The lowest BCUT2D eigenvalue weighted by Crippen LogP contribution is -2.66. The number of nitriles is 1. The molecule has 0 amide bonds. The zero-order valence-electron chi connectivity index (χ0n) is 17.6. The summed E-state index contributed by atoms with van der Waals surface area (Å²) in [6, 6.07) is 2.63. The Hall–Kier alpha value is -1.87. The van der Waals surface area contributed by atoms with E-state index < -0.39 is 22.5 Å². The molecule has 0 radical (unpaired) electrons. The maximum Gasteiger partial charge on any atom is 0.306 e. The highest BCUT2D eigenvalue weighted by molar-refractivity contribution is 5.88. The van der Waals surface area contributed by atoms with Crippen LogP contribution >= 0.6 is 0 Å². The number of esters is 1. The van der Waals surface area contributed by atoms with Crippen LogP contribution in [0.15, 0.2) is 11.3 Å². The van der Waals surface area contributed by atoms with Gasteiger partial charge in [-0.2, -0.15) is 5.26 Å². The summed E-state index contributed by atoms with van der Waals surface area (Å²) in [6.45, 7) is 4.51. The molecule has 5 aliphatic carbocycles. The molecule has 2 N–H and O–H groups in total. The molecule has 30 heavy (non-hydrogen) atoms. The summed E-state index contributed by atoms with van der Waals surface area (Å²) in [5.74, 6) is 0.00250. The first-order valence-electron chi connectivity index (χ1n) is 11.5. The summed E-state index contributed by atoms with van der Waals surface area (Å²) in [7, 11) is 0. The van der Waals surface area contributed by atoms with Gasteiger partial charge in [0.05, 0.1) is 23.5 Å². The zero-order chi connectivity index (χ0) is 20.9. The normalized spacial score (nSPS) is 59.5. The van der Waals surface area contributed by atoms with Gasteiger partial charge >= 0.3 is 5.97 Å². The molecule has 6 fully saturated rings. The van der Waals surface area contributed by atoms with Crippen LogP contribution in [0.3, 0.4) is 0 Å². The van der Waals surface area contributed by atoms with Gasteiger partial charge in [-0.1, -0.05) is 13.8 Å². The number of ketones is 1. The lowest BCUT2D eigenvalue weighted by atomic mass is 9.39. The maximum absolute atomic E-state index is 13.0. The molecule has 7 aliphatic rings. The monoisotopic (exact) mass is 408 g/mol. The fraction of sp³-hybridized carbons (Fsp3) is 0.792. The number of epoxide rings is 1. The van der Waals surface area contributed by atoms with E-state index in [9.17, 15) is 14.9 Å². The number of hydrogen-bond acceptors (Lipinski definition) is 6. The summed E-state index contributed by atoms with van der Waals surface area (Å²) in [6.07, 6.45) is 5.87. The average Bonchev–Trinajstić information content (AvgIpc) is 3.01. The number of nitrogens with zero attached hydrogens (tertiary/aromatic N) is 1. The predicted octanol–water partition coefficient (Wildman–Crippen LogP) is 2.76. The molecule has 9 atom stereocenters. The molecule has 0 aromatic carbocycles. The van der Waals surface area contributed by atoms with Gasteiger partial charge < -0.3 is 15.2 Å². The van der Waals surface area contributed by atoms with Gasteiger partial charge in [-0.15, -0.1) is 0 Å². The highest BCUT2D eigenvalue weighted by Crippen LogP contribution is 2.83. The van der Waals surface area contributed by atoms with E-state index in [-0.39, 0.29) is 34.6 Å². The molecule has 0 aromatic rings. The van der Waals surface area contributed by atoms with Crippen molar-refractivity contribution in [2.24, 2.45) is 39.7 Å². The van der Waals surface area contributed by atoms with Crippen LogP contribution in [-0.4, -0.2) is 29.1 Å². The minimum atomic E-state index is -0.767. The molecule has 2 bridgehead atoms. The van der Waals surface area contributed by atoms with E-state index in [1.54, 1.807) is 0 Å². The Labute approximate surface area is 176 Å². The Kier molecular flexibility index (Phi) is 2.75. The van der Waals surface area contributed by atoms with Crippen LogP contribution in [-0.2, 0) is 19.1 Å². The summed E-state index contributed by atoms with van der Waals surface area (Å²) in [4.78, 5) is 25.1. The van der Waals surface area contributed by atoms with Gasteiger partial charge in [0.2, 0.25) is 0 Å². The third-order valence-corrected chi connectivity index (χ3v) is 11.3. The van der Waals surface area contributed by atoms with Gasteiger partial charge in [-0.3, -0.25) is 9.59 Å². The third-order valence-electron chi connectivity index (χ3n) is 11.3. The standard InChI is InChI=1S/C24H28N2O4/c1-20-10-15-24(29-15)17(13(20)3-7-23(20)8-5-16(28)30-23)12-9-22(11-25)18(19(12)26)14(27)4-6-21(22,24)2/h13,15,17-18H,3-10,26H2,1-2H3. The molecule has 2 heterocycles. The van der Waals surface area contributed by atoms with Crippen molar-refractivity contribution in [3.05, 3.63) is 11.3 Å². The second-order valence-electron chi connectivity index (χ2n) is 11.6. The third kappa shape index (κ3) is 1.41. The van der Waals surface area contributed by atoms with E-state index in [1.165, 1.54) is 0 Å². The summed E-state index contributed by atoms with van der Waals surface area (Å²) in [5.41, 5.74) is 6.43. The first-order valence-corrected chi connectivity index (χ1v) is 11.5. The minimum absolute atomic E-state index is 0.0470. The van der Waals surface area contributed by atoms with Crippen LogP contribution in [0.5, 0.6) is 0 Å². The number of carbonyl (C=O) groups excluding carboxylic acids is 2. The van der Waals surface area contributed by atoms with Crippen molar-refractivity contribution >= 4 is 11.8 Å². The van der Waals surface area contributed by atoms with E-state index in [2.05, 4.69) is 19.9 Å². The van der Waals surface area contributed by atoms with E-state index in [0.717, 1.165) is 31.3 Å². The van der Waals surface area contributed by atoms with Crippen molar-refractivity contribution in [2.75, 3.05) is 0 Å². The van der Waals surface area contributed by atoms with Crippen molar-refractivity contribution in [3.8, 4) is 6.07 Å². The molecule has 6 nitrogen and oxygen atoms in total. The molecular weight excluding hydrogens is 380 g/mol. The van der Waals surface area contributed by atoms with Crippen LogP contribution in [0.25, 0.3) is 0 Å². The van der Waals surface area contributed by atoms with E-state index in [0.29, 0.717) is 37.3 Å². The number of allylic oxidation sites excluding steroid dienone is 1. The highest BCUT2D eigenvalue weighted by atomic mass is 16.6. The van der Waals surface area contributed by atoms with Gasteiger partial charge in [0.15, 0.2) is 0 Å². The van der Waals surface area contributed by atoms with Crippen molar-refractivity contribution in [1.82, 2.24) is 0 Å². The van der Waals surface area contributed by atoms with Crippen LogP contribution in [0, 0.1) is 45.3 Å². The number of hydrogen-bond donors (Lipinski definition) is 1. The van der Waals surface area contributed by atoms with Gasteiger partial charge in [-0.05, 0) is 50.0 Å². The summed E-state index contributed by atoms with van der Waals surface area (Å²) in [5, 5.41) is 10.4. The number of carbonyl (C=O) groups is 2. The maximum atomic E-state index is 13.0. The van der Waals surface area contributed by atoms with Crippen molar-refractivity contribution < 1.29 is 19.1 Å². The van der Waals surface area contributed by atoms with Gasteiger partial charge in [-0.25, -0.2) is 0 Å². The Morgan fingerprint density at radius 3 is 2.67 bits per heavy atom. The Balaban J connectivity index is 1.44. The lowest BCUT2D eigenvalue weighted by molar-refractivity contribution is -0.167. The average molecular weight is 408 g/mol. The molecular formula is C24H28N2O4. The Bertz CT molecular complexity index is 1030. The lowest BCUT2D eigenvalue weighted by Gasteiger charge is -2.60. The molecule has 7 rings (SSSR count). The number of nitrogens with two attached hydrogens (primary N) is 1. The zero-order valence-corrected chi connectivity index (χ0v) is 17.6. The smallest absolute Gasteiger partial charge is 0.306 e. The number of fused-ring (bicyclic) bond motifs is 5. The van der Waals surface area contributed by atoms with Crippen molar-refractivity contribution in [1.29, 1.82) is 5.26 Å². The SMILES string of the molecule is CC12CC3OC34C(C3=C(N)C5C(=O)CCC4(C)C5(C#N)C3)C1CCC21CCC(=O)O1. The van der Waals surface area contributed by atoms with Crippen molar-refractivity contribution in [2.45, 2.75) is 82.5 Å². The van der Waals surface area contributed by atoms with Crippen molar-refractivity contribution in [3.63, 3.8) is 0 Å². The predicted molar refractivity (Wildman–Crippen MR) is 104 cm³/mol. The Morgan fingerprint density at radius 2 is 1.97 bits per heavy atom.